The van der Waals surface area contributed by atoms with Crippen LogP contribution in [0.4, 0.5) is 0 Å². The second kappa shape index (κ2) is 13.0. The minimum absolute atomic E-state index is 0.151. The molecule has 0 amide bonds. The summed E-state index contributed by atoms with van der Waals surface area (Å²) in [7, 11) is -3.47. The highest BCUT2D eigenvalue weighted by molar-refractivity contribution is 7.48. The number of unbranched alkanes of at least 4 members (excludes halogenated alkanes) is 5. The SMILES string of the molecule is CCCCCCCCOP(=O)(OCCN)OCCN. The van der Waals surface area contributed by atoms with Gasteiger partial charge in [0.25, 0.3) is 0 Å². The van der Waals surface area contributed by atoms with Crippen LogP contribution in [0, 0.1) is 0 Å². The van der Waals surface area contributed by atoms with Crippen LogP contribution in [-0.4, -0.2) is 32.9 Å². The summed E-state index contributed by atoms with van der Waals surface area (Å²) in [4.78, 5) is 0. The van der Waals surface area contributed by atoms with Crippen molar-refractivity contribution in [2.75, 3.05) is 32.9 Å². The third-order valence-electron chi connectivity index (χ3n) is 2.48. The highest BCUT2D eigenvalue weighted by Crippen LogP contribution is 2.49. The van der Waals surface area contributed by atoms with E-state index in [0.29, 0.717) is 6.61 Å². The van der Waals surface area contributed by atoms with Crippen molar-refractivity contribution in [1.29, 1.82) is 0 Å². The van der Waals surface area contributed by atoms with Crippen molar-refractivity contribution in [3.63, 3.8) is 0 Å². The van der Waals surface area contributed by atoms with Crippen molar-refractivity contribution in [2.24, 2.45) is 11.5 Å². The summed E-state index contributed by atoms with van der Waals surface area (Å²) in [6, 6.07) is 0. The largest absolute Gasteiger partial charge is 0.474 e. The number of hydrogen-bond acceptors (Lipinski definition) is 6. The van der Waals surface area contributed by atoms with E-state index in [-0.39, 0.29) is 26.3 Å². The van der Waals surface area contributed by atoms with E-state index in [1.54, 1.807) is 0 Å². The molecule has 0 aliphatic carbocycles. The molecule has 0 heterocycles. The Hall–Kier alpha value is 0.0300. The first kappa shape index (κ1) is 19.0. The first-order chi connectivity index (χ1) is 9.18. The predicted octanol–water partition coefficient (Wildman–Crippen LogP) is 2.42. The Morgan fingerprint density at radius 3 is 1.79 bits per heavy atom. The second-order valence-electron chi connectivity index (χ2n) is 4.29. The molecule has 7 heteroatoms. The van der Waals surface area contributed by atoms with Gasteiger partial charge >= 0.3 is 7.82 Å². The van der Waals surface area contributed by atoms with E-state index in [1.165, 1.54) is 25.7 Å². The van der Waals surface area contributed by atoms with Crippen molar-refractivity contribution in [3.05, 3.63) is 0 Å². The van der Waals surface area contributed by atoms with Crippen LogP contribution in [-0.2, 0) is 18.1 Å². The fraction of sp³-hybridized carbons (Fsp3) is 1.00. The molecule has 0 saturated carbocycles. The quantitative estimate of drug-likeness (QED) is 0.377. The van der Waals surface area contributed by atoms with Gasteiger partial charge in [0, 0.05) is 13.1 Å². The van der Waals surface area contributed by atoms with E-state index < -0.39 is 7.82 Å². The number of hydrogen-bond donors (Lipinski definition) is 2. The zero-order valence-corrected chi connectivity index (χ0v) is 12.9. The average molecular weight is 296 g/mol. The smallest absolute Gasteiger partial charge is 0.328 e. The molecule has 116 valence electrons. The average Bonchev–Trinajstić information content (AvgIpc) is 2.42. The molecule has 0 spiro atoms. The third-order valence-corrected chi connectivity index (χ3v) is 3.98. The molecule has 4 N–H and O–H groups in total. The van der Waals surface area contributed by atoms with Gasteiger partial charge in [-0.05, 0) is 6.42 Å². The monoisotopic (exact) mass is 296 g/mol. The van der Waals surface area contributed by atoms with Crippen molar-refractivity contribution in [3.8, 4) is 0 Å². The number of nitrogens with two attached hydrogens (primary N) is 2. The first-order valence-electron chi connectivity index (χ1n) is 7.12. The highest BCUT2D eigenvalue weighted by atomic mass is 31.2. The summed E-state index contributed by atoms with van der Waals surface area (Å²) in [5.41, 5.74) is 10.6. The number of phosphoric acid groups is 1. The Balaban J connectivity index is 3.76. The van der Waals surface area contributed by atoms with Gasteiger partial charge in [-0.3, -0.25) is 13.6 Å². The van der Waals surface area contributed by atoms with Crippen LogP contribution < -0.4 is 11.5 Å². The van der Waals surface area contributed by atoms with Crippen LogP contribution in [0.5, 0.6) is 0 Å². The molecule has 0 unspecified atom stereocenters. The van der Waals surface area contributed by atoms with Gasteiger partial charge in [0.1, 0.15) is 0 Å². The van der Waals surface area contributed by atoms with Gasteiger partial charge in [-0.2, -0.15) is 0 Å². The number of phosphoric ester groups is 1. The second-order valence-corrected chi connectivity index (χ2v) is 5.96. The fourth-order valence-corrected chi connectivity index (χ4v) is 2.73. The van der Waals surface area contributed by atoms with Crippen LogP contribution in [0.1, 0.15) is 45.4 Å². The van der Waals surface area contributed by atoms with Crippen molar-refractivity contribution >= 4 is 7.82 Å². The number of rotatable bonds is 14. The Labute approximate surface area is 116 Å². The third kappa shape index (κ3) is 11.5. The normalized spacial score (nSPS) is 11.9. The Kier molecular flexibility index (Phi) is 13.1. The van der Waals surface area contributed by atoms with E-state index in [1.807, 2.05) is 0 Å². The van der Waals surface area contributed by atoms with Crippen molar-refractivity contribution < 1.29 is 18.1 Å². The molecular weight excluding hydrogens is 267 g/mol. The van der Waals surface area contributed by atoms with E-state index in [2.05, 4.69) is 6.92 Å². The summed E-state index contributed by atoms with van der Waals surface area (Å²) in [5.74, 6) is 0. The maximum atomic E-state index is 12.1. The summed E-state index contributed by atoms with van der Waals surface area (Å²) in [6.45, 7) is 3.41. The van der Waals surface area contributed by atoms with Crippen LogP contribution in [0.15, 0.2) is 0 Å². The maximum absolute atomic E-state index is 12.1. The van der Waals surface area contributed by atoms with Gasteiger partial charge in [-0.25, -0.2) is 4.57 Å². The van der Waals surface area contributed by atoms with Gasteiger partial charge in [0.15, 0.2) is 0 Å². The molecule has 0 aromatic rings. The molecule has 0 radical (unpaired) electrons. The summed E-state index contributed by atoms with van der Waals surface area (Å²) >= 11 is 0. The summed E-state index contributed by atoms with van der Waals surface area (Å²) in [5, 5.41) is 0. The lowest BCUT2D eigenvalue weighted by Crippen LogP contribution is -2.13. The van der Waals surface area contributed by atoms with Crippen LogP contribution >= 0.6 is 7.82 Å². The van der Waals surface area contributed by atoms with Gasteiger partial charge in [-0.1, -0.05) is 39.0 Å². The van der Waals surface area contributed by atoms with E-state index in [9.17, 15) is 4.57 Å². The molecule has 0 saturated heterocycles. The van der Waals surface area contributed by atoms with Crippen LogP contribution in [0.3, 0.4) is 0 Å². The molecule has 0 bridgehead atoms. The zero-order valence-electron chi connectivity index (χ0n) is 12.0. The molecule has 0 aromatic heterocycles. The highest BCUT2D eigenvalue weighted by Gasteiger charge is 2.25. The molecular formula is C12H29N2O4P. The van der Waals surface area contributed by atoms with Crippen LogP contribution in [0.2, 0.25) is 0 Å². The molecule has 0 aliphatic rings. The van der Waals surface area contributed by atoms with Gasteiger partial charge in [0.2, 0.25) is 0 Å². The molecule has 0 rings (SSSR count). The first-order valence-corrected chi connectivity index (χ1v) is 8.58. The lowest BCUT2D eigenvalue weighted by molar-refractivity contribution is 0.116. The standard InChI is InChI=1S/C12H29N2O4P/c1-2-3-4-5-6-7-10-16-19(15,17-11-8-13)18-12-9-14/h2-14H2,1H3. The lowest BCUT2D eigenvalue weighted by atomic mass is 10.1. The summed E-state index contributed by atoms with van der Waals surface area (Å²) in [6.07, 6.45) is 6.82. The Morgan fingerprint density at radius 2 is 1.26 bits per heavy atom. The molecule has 6 nitrogen and oxygen atoms in total. The van der Waals surface area contributed by atoms with Crippen molar-refractivity contribution in [2.45, 2.75) is 45.4 Å². The topological polar surface area (TPSA) is 96.8 Å². The Morgan fingerprint density at radius 1 is 0.789 bits per heavy atom. The lowest BCUT2D eigenvalue weighted by Gasteiger charge is -2.17. The molecule has 0 aromatic carbocycles. The fourth-order valence-electron chi connectivity index (χ4n) is 1.50. The van der Waals surface area contributed by atoms with Crippen LogP contribution in [0.25, 0.3) is 0 Å². The molecule has 19 heavy (non-hydrogen) atoms. The molecule has 0 aliphatic heterocycles. The zero-order chi connectivity index (χ0) is 14.4. The predicted molar refractivity (Wildman–Crippen MR) is 76.9 cm³/mol. The minimum atomic E-state index is -3.47. The maximum Gasteiger partial charge on any atom is 0.474 e. The van der Waals surface area contributed by atoms with E-state index in [4.69, 9.17) is 25.0 Å². The molecule has 0 fully saturated rings. The Bertz CT molecular complexity index is 230. The van der Waals surface area contributed by atoms with Gasteiger partial charge in [-0.15, -0.1) is 0 Å². The van der Waals surface area contributed by atoms with Gasteiger partial charge < -0.3 is 11.5 Å². The van der Waals surface area contributed by atoms with Gasteiger partial charge in [0.05, 0.1) is 19.8 Å². The van der Waals surface area contributed by atoms with E-state index in [0.717, 1.165) is 12.8 Å². The minimum Gasteiger partial charge on any atom is -0.328 e. The molecule has 0 atom stereocenters. The summed E-state index contributed by atoms with van der Waals surface area (Å²) < 4.78 is 27.4. The van der Waals surface area contributed by atoms with Crippen molar-refractivity contribution in [1.82, 2.24) is 0 Å². The van der Waals surface area contributed by atoms with E-state index >= 15 is 0 Å².